The maximum Gasteiger partial charge on any atom is 0.169 e. The highest BCUT2D eigenvalue weighted by Crippen LogP contribution is 2.46. The average Bonchev–Trinajstić information content (AvgIpc) is 2.52. The Kier molecular flexibility index (Phi) is 2.16. The zero-order valence-corrected chi connectivity index (χ0v) is 10.5. The molecule has 0 radical (unpaired) electrons. The zero-order chi connectivity index (χ0) is 10.6. The summed E-state index contributed by atoms with van der Waals surface area (Å²) in [6.45, 7) is 8.78. The molecule has 0 fully saturated rings. The van der Waals surface area contributed by atoms with E-state index in [4.69, 9.17) is 16.6 Å². The molecule has 78 valence electrons. The smallest absolute Gasteiger partial charge is 0.169 e. The molecule has 2 aliphatic heterocycles. The average molecular weight is 231 g/mol. The molecule has 2 aliphatic rings. The summed E-state index contributed by atoms with van der Waals surface area (Å²) >= 11 is 7.60. The first kappa shape index (κ1) is 10.4. The van der Waals surface area contributed by atoms with Crippen molar-refractivity contribution in [3.8, 4) is 0 Å². The van der Waals surface area contributed by atoms with Crippen molar-refractivity contribution in [1.82, 2.24) is 4.90 Å². The molecular weight excluding hydrogens is 216 g/mol. The SMILES string of the molecule is CC1(C)N=C2SC=C(CCl)N2C1(C)C. The Bertz CT molecular complexity index is 331. The molecule has 4 heteroatoms. The van der Waals surface area contributed by atoms with Crippen LogP contribution in [0, 0.1) is 0 Å². The monoisotopic (exact) mass is 230 g/mol. The second-order valence-corrected chi connectivity index (χ2v) is 5.81. The number of nitrogens with zero attached hydrogens (tertiary/aromatic N) is 2. The van der Waals surface area contributed by atoms with E-state index >= 15 is 0 Å². The van der Waals surface area contributed by atoms with Gasteiger partial charge in [-0.25, -0.2) is 0 Å². The number of hydrogen-bond donors (Lipinski definition) is 0. The summed E-state index contributed by atoms with van der Waals surface area (Å²) in [7, 11) is 0. The molecule has 0 unspecified atom stereocenters. The van der Waals surface area contributed by atoms with Crippen LogP contribution in [0.5, 0.6) is 0 Å². The van der Waals surface area contributed by atoms with Crippen molar-refractivity contribution >= 4 is 28.5 Å². The fourth-order valence-corrected chi connectivity index (χ4v) is 3.21. The van der Waals surface area contributed by atoms with Crippen LogP contribution in [0.3, 0.4) is 0 Å². The van der Waals surface area contributed by atoms with Crippen LogP contribution in [0.4, 0.5) is 0 Å². The van der Waals surface area contributed by atoms with E-state index in [9.17, 15) is 0 Å². The molecule has 0 atom stereocenters. The van der Waals surface area contributed by atoms with Gasteiger partial charge in [0.25, 0.3) is 0 Å². The maximum absolute atomic E-state index is 5.92. The number of aliphatic imine (C=N–C) groups is 1. The number of thioether (sulfide) groups is 1. The molecule has 0 aromatic rings. The molecular formula is C10H15ClN2S. The third-order valence-electron chi connectivity index (χ3n) is 3.35. The second kappa shape index (κ2) is 2.92. The van der Waals surface area contributed by atoms with Crippen molar-refractivity contribution in [2.24, 2.45) is 4.99 Å². The van der Waals surface area contributed by atoms with Gasteiger partial charge in [0.05, 0.1) is 17.0 Å². The summed E-state index contributed by atoms with van der Waals surface area (Å²) < 4.78 is 0. The van der Waals surface area contributed by atoms with Crippen LogP contribution in [0.2, 0.25) is 0 Å². The number of hydrogen-bond acceptors (Lipinski definition) is 3. The Balaban J connectivity index is 2.42. The van der Waals surface area contributed by atoms with E-state index in [2.05, 4.69) is 38.0 Å². The minimum atomic E-state index is -0.0408. The van der Waals surface area contributed by atoms with Gasteiger partial charge in [0.2, 0.25) is 0 Å². The standard InChI is InChI=1S/C10H15ClN2S/c1-9(2)10(3,4)13-7(5-11)6-14-8(13)12-9/h6H,5H2,1-4H3. The lowest BCUT2D eigenvalue weighted by Crippen LogP contribution is -2.51. The van der Waals surface area contributed by atoms with Gasteiger partial charge in [-0.05, 0) is 33.1 Å². The van der Waals surface area contributed by atoms with Gasteiger partial charge in [0.15, 0.2) is 5.17 Å². The van der Waals surface area contributed by atoms with Gasteiger partial charge < -0.3 is 4.90 Å². The van der Waals surface area contributed by atoms with Gasteiger partial charge in [0.1, 0.15) is 0 Å². The van der Waals surface area contributed by atoms with Crippen LogP contribution >= 0.6 is 23.4 Å². The highest BCUT2D eigenvalue weighted by molar-refractivity contribution is 8.16. The lowest BCUT2D eigenvalue weighted by atomic mass is 9.83. The van der Waals surface area contributed by atoms with Crippen LogP contribution in [-0.4, -0.2) is 27.0 Å². The molecule has 2 nitrogen and oxygen atoms in total. The number of fused-ring (bicyclic) bond motifs is 1. The molecule has 0 aromatic carbocycles. The van der Waals surface area contributed by atoms with Crippen molar-refractivity contribution < 1.29 is 0 Å². The van der Waals surface area contributed by atoms with E-state index in [0.29, 0.717) is 5.88 Å². The van der Waals surface area contributed by atoms with E-state index in [0.717, 1.165) is 5.17 Å². The molecule has 0 amide bonds. The lowest BCUT2D eigenvalue weighted by Gasteiger charge is -2.40. The first-order valence-electron chi connectivity index (χ1n) is 4.72. The predicted octanol–water partition coefficient (Wildman–Crippen LogP) is 3.04. The summed E-state index contributed by atoms with van der Waals surface area (Å²) in [4.78, 5) is 7.00. The number of rotatable bonds is 1. The summed E-state index contributed by atoms with van der Waals surface area (Å²) in [6.07, 6.45) is 0. The Labute approximate surface area is 94.4 Å². The molecule has 0 aliphatic carbocycles. The molecule has 0 bridgehead atoms. The Morgan fingerprint density at radius 2 is 2.07 bits per heavy atom. The fraction of sp³-hybridized carbons (Fsp3) is 0.700. The third kappa shape index (κ3) is 1.15. The number of allylic oxidation sites excluding steroid dienone is 1. The van der Waals surface area contributed by atoms with Crippen LogP contribution in [0.1, 0.15) is 27.7 Å². The summed E-state index contributed by atoms with van der Waals surface area (Å²) in [5, 5.41) is 3.19. The Morgan fingerprint density at radius 3 is 2.64 bits per heavy atom. The summed E-state index contributed by atoms with van der Waals surface area (Å²) in [5.74, 6) is 0.561. The minimum Gasteiger partial charge on any atom is -0.315 e. The van der Waals surface area contributed by atoms with E-state index in [1.165, 1.54) is 5.70 Å². The Morgan fingerprint density at radius 1 is 1.43 bits per heavy atom. The number of halogens is 1. The topological polar surface area (TPSA) is 15.6 Å². The molecule has 2 heterocycles. The Hall–Kier alpha value is -0.150. The van der Waals surface area contributed by atoms with Gasteiger partial charge in [-0.1, -0.05) is 11.8 Å². The van der Waals surface area contributed by atoms with Crippen molar-refractivity contribution in [1.29, 1.82) is 0 Å². The molecule has 0 spiro atoms. The minimum absolute atomic E-state index is 0.0204. The largest absolute Gasteiger partial charge is 0.315 e. The van der Waals surface area contributed by atoms with Crippen molar-refractivity contribution in [3.63, 3.8) is 0 Å². The van der Waals surface area contributed by atoms with Crippen LogP contribution in [0.25, 0.3) is 0 Å². The fourth-order valence-electron chi connectivity index (χ4n) is 1.76. The van der Waals surface area contributed by atoms with Gasteiger partial charge in [-0.15, -0.1) is 11.6 Å². The predicted molar refractivity (Wildman–Crippen MR) is 63.8 cm³/mol. The molecule has 0 aromatic heterocycles. The molecule has 0 saturated heterocycles. The normalized spacial score (nSPS) is 27.4. The lowest BCUT2D eigenvalue weighted by molar-refractivity contribution is 0.195. The van der Waals surface area contributed by atoms with Gasteiger partial charge in [0, 0.05) is 5.70 Å². The summed E-state index contributed by atoms with van der Waals surface area (Å²) in [6, 6.07) is 0. The van der Waals surface area contributed by atoms with Gasteiger partial charge in [-0.2, -0.15) is 0 Å². The maximum atomic E-state index is 5.92. The molecule has 0 saturated carbocycles. The van der Waals surface area contributed by atoms with E-state index in [1.807, 2.05) is 0 Å². The molecule has 14 heavy (non-hydrogen) atoms. The van der Waals surface area contributed by atoms with E-state index < -0.39 is 0 Å². The number of amidine groups is 1. The first-order valence-corrected chi connectivity index (χ1v) is 6.13. The summed E-state index contributed by atoms with van der Waals surface area (Å²) in [5.41, 5.74) is 1.15. The van der Waals surface area contributed by atoms with Crippen LogP contribution in [-0.2, 0) is 0 Å². The third-order valence-corrected chi connectivity index (χ3v) is 4.50. The van der Waals surface area contributed by atoms with E-state index in [1.54, 1.807) is 11.8 Å². The van der Waals surface area contributed by atoms with E-state index in [-0.39, 0.29) is 11.1 Å². The number of alkyl halides is 1. The first-order chi connectivity index (χ1) is 6.40. The highest BCUT2D eigenvalue weighted by Gasteiger charge is 2.51. The second-order valence-electron chi connectivity index (χ2n) is 4.71. The molecule has 0 N–H and O–H groups in total. The van der Waals surface area contributed by atoms with Gasteiger partial charge >= 0.3 is 0 Å². The van der Waals surface area contributed by atoms with Crippen molar-refractivity contribution in [3.05, 3.63) is 11.1 Å². The zero-order valence-electron chi connectivity index (χ0n) is 8.97. The van der Waals surface area contributed by atoms with Crippen molar-refractivity contribution in [2.45, 2.75) is 38.8 Å². The highest BCUT2D eigenvalue weighted by atomic mass is 35.5. The van der Waals surface area contributed by atoms with Crippen molar-refractivity contribution in [2.75, 3.05) is 5.88 Å². The van der Waals surface area contributed by atoms with Crippen LogP contribution in [0.15, 0.2) is 16.1 Å². The van der Waals surface area contributed by atoms with Crippen LogP contribution < -0.4 is 0 Å². The molecule has 2 rings (SSSR count). The quantitative estimate of drug-likeness (QED) is 0.644. The van der Waals surface area contributed by atoms with Gasteiger partial charge in [-0.3, -0.25) is 4.99 Å².